The van der Waals surface area contributed by atoms with Crippen molar-refractivity contribution in [1.82, 2.24) is 15.3 Å². The normalized spacial score (nSPS) is 11.9. The van der Waals surface area contributed by atoms with Gasteiger partial charge in [-0.3, -0.25) is 10.1 Å². The van der Waals surface area contributed by atoms with E-state index in [9.17, 15) is 9.59 Å². The Labute approximate surface area is 103 Å². The summed E-state index contributed by atoms with van der Waals surface area (Å²) < 4.78 is 0. The molecule has 92 valence electrons. The zero-order chi connectivity index (χ0) is 13.0. The zero-order valence-corrected chi connectivity index (χ0v) is 10.7. The highest BCUT2D eigenvalue weighted by Crippen LogP contribution is 2.21. The van der Waals surface area contributed by atoms with E-state index in [1.165, 1.54) is 11.8 Å². The van der Waals surface area contributed by atoms with E-state index in [4.69, 9.17) is 5.73 Å². The molecule has 0 aliphatic rings. The van der Waals surface area contributed by atoms with Gasteiger partial charge in [-0.2, -0.15) is 0 Å². The zero-order valence-electron chi connectivity index (χ0n) is 9.85. The summed E-state index contributed by atoms with van der Waals surface area (Å²) in [6.45, 7) is 5.31. The number of imide groups is 1. The lowest BCUT2D eigenvalue weighted by atomic mass is 10.4. The van der Waals surface area contributed by atoms with Crippen LogP contribution in [0.3, 0.4) is 0 Å². The Balaban J connectivity index is 2.70. The first-order valence-corrected chi connectivity index (χ1v) is 5.85. The molecule has 1 heterocycles. The number of amides is 3. The van der Waals surface area contributed by atoms with Gasteiger partial charge in [0.25, 0.3) is 0 Å². The highest BCUT2D eigenvalue weighted by Gasteiger charge is 2.16. The number of rotatable bonds is 3. The number of nitrogens with two attached hydrogens (primary N) is 1. The summed E-state index contributed by atoms with van der Waals surface area (Å²) in [4.78, 5) is 30.3. The van der Waals surface area contributed by atoms with E-state index in [0.717, 1.165) is 5.69 Å². The number of urea groups is 1. The molecule has 0 aliphatic heterocycles. The van der Waals surface area contributed by atoms with Crippen molar-refractivity contribution in [3.63, 3.8) is 0 Å². The second-order valence-corrected chi connectivity index (χ2v) is 4.87. The number of carbonyl (C=O) groups is 2. The van der Waals surface area contributed by atoms with Gasteiger partial charge in [0.1, 0.15) is 10.9 Å². The summed E-state index contributed by atoms with van der Waals surface area (Å²) in [5.74, 6) is 0.214. The Morgan fingerprint density at radius 3 is 2.59 bits per heavy atom. The molecule has 1 unspecified atom stereocenters. The lowest BCUT2D eigenvalue weighted by molar-refractivity contribution is -0.119. The maximum Gasteiger partial charge on any atom is 0.318 e. The first kappa shape index (κ1) is 13.4. The smallest absolute Gasteiger partial charge is 0.318 e. The summed E-state index contributed by atoms with van der Waals surface area (Å²) in [6, 6.07) is 0.934. The standard InChI is InChI=1S/C10H14N4O2S/c1-5-4-8(13-7(3)12-5)17-6(2)9(15)14-10(11)16/h4,6H,1-3H3,(H3,11,14,15,16). The van der Waals surface area contributed by atoms with Crippen LogP contribution in [0.15, 0.2) is 11.1 Å². The molecule has 6 nitrogen and oxygen atoms in total. The predicted octanol–water partition coefficient (Wildman–Crippen LogP) is 0.769. The highest BCUT2D eigenvalue weighted by molar-refractivity contribution is 8.00. The topological polar surface area (TPSA) is 98.0 Å². The average molecular weight is 254 g/mol. The SMILES string of the molecule is Cc1cc(SC(C)C(=O)NC(N)=O)nc(C)n1. The van der Waals surface area contributed by atoms with Crippen LogP contribution in [0.5, 0.6) is 0 Å². The quantitative estimate of drug-likeness (QED) is 0.613. The van der Waals surface area contributed by atoms with Crippen molar-refractivity contribution in [2.75, 3.05) is 0 Å². The van der Waals surface area contributed by atoms with Gasteiger partial charge in [0.05, 0.1) is 5.25 Å². The third-order valence-electron chi connectivity index (χ3n) is 1.86. The summed E-state index contributed by atoms with van der Waals surface area (Å²) in [5.41, 5.74) is 5.70. The van der Waals surface area contributed by atoms with Gasteiger partial charge >= 0.3 is 6.03 Å². The molecule has 3 amide bonds. The molecule has 0 aromatic carbocycles. The first-order valence-electron chi connectivity index (χ1n) is 4.97. The fourth-order valence-electron chi connectivity index (χ4n) is 1.20. The molecule has 0 spiro atoms. The van der Waals surface area contributed by atoms with Gasteiger partial charge in [0.15, 0.2) is 0 Å². The molecule has 0 saturated carbocycles. The fourth-order valence-corrected chi connectivity index (χ4v) is 2.15. The molecule has 7 heteroatoms. The number of primary amides is 1. The van der Waals surface area contributed by atoms with Crippen LogP contribution in [0.25, 0.3) is 0 Å². The minimum atomic E-state index is -0.850. The van der Waals surface area contributed by atoms with E-state index in [2.05, 4.69) is 9.97 Å². The third-order valence-corrected chi connectivity index (χ3v) is 2.87. The fraction of sp³-hybridized carbons (Fsp3) is 0.400. The number of aryl methyl sites for hydroxylation is 2. The number of nitrogens with one attached hydrogen (secondary N) is 1. The monoisotopic (exact) mass is 254 g/mol. The molecular formula is C10H14N4O2S. The third kappa shape index (κ3) is 4.39. The van der Waals surface area contributed by atoms with Crippen LogP contribution >= 0.6 is 11.8 Å². The Kier molecular flexibility index (Phi) is 4.45. The Hall–Kier alpha value is -1.63. The van der Waals surface area contributed by atoms with Gasteiger partial charge in [0, 0.05) is 5.69 Å². The van der Waals surface area contributed by atoms with Gasteiger partial charge in [-0.25, -0.2) is 14.8 Å². The number of nitrogens with zero attached hydrogens (tertiary/aromatic N) is 2. The number of thioether (sulfide) groups is 1. The maximum atomic E-state index is 11.5. The summed E-state index contributed by atoms with van der Waals surface area (Å²) in [7, 11) is 0. The number of carbonyl (C=O) groups excluding carboxylic acids is 2. The Morgan fingerprint density at radius 2 is 2.06 bits per heavy atom. The molecule has 0 radical (unpaired) electrons. The van der Waals surface area contributed by atoms with Crippen LogP contribution in [0, 0.1) is 13.8 Å². The van der Waals surface area contributed by atoms with Crippen molar-refractivity contribution in [1.29, 1.82) is 0 Å². The van der Waals surface area contributed by atoms with Crippen molar-refractivity contribution in [2.24, 2.45) is 5.73 Å². The molecule has 1 aromatic heterocycles. The molecule has 17 heavy (non-hydrogen) atoms. The van der Waals surface area contributed by atoms with E-state index in [-0.39, 0.29) is 0 Å². The lowest BCUT2D eigenvalue weighted by Crippen LogP contribution is -2.39. The van der Waals surface area contributed by atoms with E-state index < -0.39 is 17.2 Å². The van der Waals surface area contributed by atoms with Gasteiger partial charge in [-0.1, -0.05) is 11.8 Å². The van der Waals surface area contributed by atoms with Gasteiger partial charge in [0.2, 0.25) is 5.91 Å². The number of hydrogen-bond donors (Lipinski definition) is 2. The number of hydrogen-bond acceptors (Lipinski definition) is 5. The average Bonchev–Trinajstić information content (AvgIpc) is 2.14. The van der Waals surface area contributed by atoms with Gasteiger partial charge in [-0.05, 0) is 26.8 Å². The maximum absolute atomic E-state index is 11.5. The molecule has 1 atom stereocenters. The van der Waals surface area contributed by atoms with E-state index >= 15 is 0 Å². The van der Waals surface area contributed by atoms with Gasteiger partial charge in [-0.15, -0.1) is 0 Å². The summed E-state index contributed by atoms with van der Waals surface area (Å²) in [5, 5.41) is 2.28. The molecule has 1 aromatic rings. The van der Waals surface area contributed by atoms with E-state index in [0.29, 0.717) is 10.9 Å². The Bertz CT molecular complexity index is 430. The molecule has 1 rings (SSSR count). The minimum Gasteiger partial charge on any atom is -0.351 e. The molecule has 0 aliphatic carbocycles. The molecule has 0 fully saturated rings. The first-order chi connectivity index (χ1) is 7.88. The van der Waals surface area contributed by atoms with Crippen LogP contribution in [-0.4, -0.2) is 27.2 Å². The van der Waals surface area contributed by atoms with E-state index in [1.54, 1.807) is 19.9 Å². The largest absolute Gasteiger partial charge is 0.351 e. The summed E-state index contributed by atoms with van der Waals surface area (Å²) in [6.07, 6.45) is 0. The second kappa shape index (κ2) is 5.62. The summed E-state index contributed by atoms with van der Waals surface area (Å²) >= 11 is 1.25. The molecule has 0 saturated heterocycles. The number of aromatic nitrogens is 2. The van der Waals surface area contributed by atoms with Crippen LogP contribution in [-0.2, 0) is 4.79 Å². The van der Waals surface area contributed by atoms with E-state index in [1.807, 2.05) is 12.2 Å². The molecule has 0 bridgehead atoms. The molecular weight excluding hydrogens is 240 g/mol. The van der Waals surface area contributed by atoms with Crippen molar-refractivity contribution < 1.29 is 9.59 Å². The predicted molar refractivity (Wildman–Crippen MR) is 64.6 cm³/mol. The van der Waals surface area contributed by atoms with Gasteiger partial charge < -0.3 is 5.73 Å². The van der Waals surface area contributed by atoms with Crippen molar-refractivity contribution in [2.45, 2.75) is 31.0 Å². The van der Waals surface area contributed by atoms with Crippen LogP contribution in [0.1, 0.15) is 18.4 Å². The van der Waals surface area contributed by atoms with Crippen molar-refractivity contribution >= 4 is 23.7 Å². The van der Waals surface area contributed by atoms with Crippen LogP contribution in [0.2, 0.25) is 0 Å². The lowest BCUT2D eigenvalue weighted by Gasteiger charge is -2.09. The Morgan fingerprint density at radius 1 is 1.41 bits per heavy atom. The van der Waals surface area contributed by atoms with Crippen molar-refractivity contribution in [3.8, 4) is 0 Å². The minimum absolute atomic E-state index is 0.434. The van der Waals surface area contributed by atoms with Crippen molar-refractivity contribution in [3.05, 3.63) is 17.6 Å². The van der Waals surface area contributed by atoms with Crippen LogP contribution in [0.4, 0.5) is 4.79 Å². The second-order valence-electron chi connectivity index (χ2n) is 3.51. The molecule has 3 N–H and O–H groups in total. The highest BCUT2D eigenvalue weighted by atomic mass is 32.2. The van der Waals surface area contributed by atoms with Crippen LogP contribution < -0.4 is 11.1 Å².